The lowest BCUT2D eigenvalue weighted by molar-refractivity contribution is 0.0579. The molecule has 2 rings (SSSR count). The van der Waals surface area contributed by atoms with Crippen LogP contribution in [0.5, 0.6) is 0 Å². The van der Waals surface area contributed by atoms with Gasteiger partial charge in [-0.2, -0.15) is 0 Å². The van der Waals surface area contributed by atoms with E-state index in [9.17, 15) is 13.6 Å². The van der Waals surface area contributed by atoms with E-state index in [2.05, 4.69) is 18.7 Å². The Kier molecular flexibility index (Phi) is 4.70. The lowest BCUT2D eigenvalue weighted by Crippen LogP contribution is -2.51. The number of amides is 1. The fourth-order valence-electron chi connectivity index (χ4n) is 2.44. The van der Waals surface area contributed by atoms with Gasteiger partial charge in [0.05, 0.1) is 0 Å². The third-order valence-electron chi connectivity index (χ3n) is 3.98. The van der Waals surface area contributed by atoms with E-state index in [0.29, 0.717) is 19.1 Å². The number of halogens is 2. The van der Waals surface area contributed by atoms with Gasteiger partial charge in [-0.05, 0) is 31.5 Å². The van der Waals surface area contributed by atoms with E-state index in [-0.39, 0.29) is 11.5 Å². The number of hydrogen-bond donors (Lipinski definition) is 0. The molecule has 0 aromatic heterocycles. The van der Waals surface area contributed by atoms with Crippen LogP contribution >= 0.6 is 0 Å². The van der Waals surface area contributed by atoms with Crippen molar-refractivity contribution in [3.63, 3.8) is 0 Å². The molecule has 0 N–H and O–H groups in total. The van der Waals surface area contributed by atoms with E-state index < -0.39 is 11.6 Å². The van der Waals surface area contributed by atoms with Crippen molar-refractivity contribution in [2.75, 3.05) is 26.2 Å². The normalized spacial score (nSPS) is 18.1. The van der Waals surface area contributed by atoms with Crippen LogP contribution in [-0.2, 0) is 0 Å². The molecule has 1 aromatic carbocycles. The number of benzene rings is 1. The molecule has 0 saturated carbocycles. The van der Waals surface area contributed by atoms with Crippen LogP contribution in [0.25, 0.3) is 0 Å². The average molecular weight is 282 g/mol. The zero-order valence-electron chi connectivity index (χ0n) is 11.9. The molecule has 0 radical (unpaired) electrons. The van der Waals surface area contributed by atoms with E-state index in [1.807, 2.05) is 0 Å². The fraction of sp³-hybridized carbons (Fsp3) is 0.533. The maximum absolute atomic E-state index is 13.2. The van der Waals surface area contributed by atoms with Crippen LogP contribution in [0.15, 0.2) is 18.2 Å². The lowest BCUT2D eigenvalue weighted by atomic mass is 10.1. The topological polar surface area (TPSA) is 23.6 Å². The summed E-state index contributed by atoms with van der Waals surface area (Å²) < 4.78 is 26.0. The molecule has 1 atom stereocenters. The molecule has 1 unspecified atom stereocenters. The van der Waals surface area contributed by atoms with Crippen molar-refractivity contribution in [2.45, 2.75) is 26.3 Å². The summed E-state index contributed by atoms with van der Waals surface area (Å²) in [7, 11) is 0. The van der Waals surface area contributed by atoms with Gasteiger partial charge in [-0.15, -0.1) is 0 Å². The van der Waals surface area contributed by atoms with Gasteiger partial charge < -0.3 is 4.90 Å². The standard InChI is InChI=1S/C15H20F2N2O/c1-3-11(2)18-6-8-19(9-7-18)15(20)12-4-5-13(16)14(17)10-12/h4-5,10-11H,3,6-9H2,1-2H3. The minimum atomic E-state index is -0.978. The summed E-state index contributed by atoms with van der Waals surface area (Å²) in [6, 6.07) is 3.81. The largest absolute Gasteiger partial charge is 0.336 e. The maximum Gasteiger partial charge on any atom is 0.254 e. The zero-order chi connectivity index (χ0) is 14.7. The van der Waals surface area contributed by atoms with Crippen LogP contribution in [0.3, 0.4) is 0 Å². The molecule has 1 aromatic rings. The third kappa shape index (κ3) is 3.15. The van der Waals surface area contributed by atoms with Gasteiger partial charge in [-0.1, -0.05) is 6.92 Å². The molecule has 1 amide bonds. The Morgan fingerprint density at radius 1 is 1.20 bits per heavy atom. The molecule has 5 heteroatoms. The number of carbonyl (C=O) groups excluding carboxylic acids is 1. The van der Waals surface area contributed by atoms with Crippen molar-refractivity contribution >= 4 is 5.91 Å². The van der Waals surface area contributed by atoms with Crippen LogP contribution in [0.4, 0.5) is 8.78 Å². The molecule has 0 bridgehead atoms. The molecule has 3 nitrogen and oxygen atoms in total. The highest BCUT2D eigenvalue weighted by Gasteiger charge is 2.24. The van der Waals surface area contributed by atoms with Crippen LogP contribution in [-0.4, -0.2) is 47.9 Å². The summed E-state index contributed by atoms with van der Waals surface area (Å²) in [6.45, 7) is 7.22. The smallest absolute Gasteiger partial charge is 0.254 e. The zero-order valence-corrected chi connectivity index (χ0v) is 11.9. The monoisotopic (exact) mass is 282 g/mol. The predicted molar refractivity (Wildman–Crippen MR) is 73.6 cm³/mol. The molecule has 20 heavy (non-hydrogen) atoms. The van der Waals surface area contributed by atoms with Gasteiger partial charge in [0.1, 0.15) is 0 Å². The number of nitrogens with zero attached hydrogens (tertiary/aromatic N) is 2. The van der Waals surface area contributed by atoms with Gasteiger partial charge in [-0.3, -0.25) is 9.69 Å². The minimum absolute atomic E-state index is 0.209. The molecule has 1 saturated heterocycles. The molecule has 1 aliphatic rings. The SMILES string of the molecule is CCC(C)N1CCN(C(=O)c2ccc(F)c(F)c2)CC1. The molecule has 1 aliphatic heterocycles. The minimum Gasteiger partial charge on any atom is -0.336 e. The van der Waals surface area contributed by atoms with Crippen molar-refractivity contribution in [2.24, 2.45) is 0 Å². The van der Waals surface area contributed by atoms with Crippen LogP contribution < -0.4 is 0 Å². The molecule has 1 heterocycles. The Morgan fingerprint density at radius 2 is 1.85 bits per heavy atom. The number of rotatable bonds is 3. The number of hydrogen-bond acceptors (Lipinski definition) is 2. The summed E-state index contributed by atoms with van der Waals surface area (Å²) in [5.74, 6) is -2.13. The summed E-state index contributed by atoms with van der Waals surface area (Å²) in [4.78, 5) is 16.3. The molecular formula is C15H20F2N2O. The van der Waals surface area contributed by atoms with Gasteiger partial charge in [0, 0.05) is 37.8 Å². The molecule has 110 valence electrons. The Morgan fingerprint density at radius 3 is 2.40 bits per heavy atom. The van der Waals surface area contributed by atoms with Crippen molar-refractivity contribution in [1.29, 1.82) is 0 Å². The number of piperazine rings is 1. The van der Waals surface area contributed by atoms with Crippen LogP contribution in [0, 0.1) is 11.6 Å². The Hall–Kier alpha value is -1.49. The lowest BCUT2D eigenvalue weighted by Gasteiger charge is -2.37. The summed E-state index contributed by atoms with van der Waals surface area (Å²) >= 11 is 0. The van der Waals surface area contributed by atoms with Gasteiger partial charge in [-0.25, -0.2) is 8.78 Å². The first-order chi connectivity index (χ1) is 9.52. The van der Waals surface area contributed by atoms with Crippen molar-refractivity contribution in [1.82, 2.24) is 9.80 Å². The second-order valence-corrected chi connectivity index (χ2v) is 5.21. The van der Waals surface area contributed by atoms with E-state index in [4.69, 9.17) is 0 Å². The average Bonchev–Trinajstić information content (AvgIpc) is 2.48. The number of carbonyl (C=O) groups is 1. The highest BCUT2D eigenvalue weighted by molar-refractivity contribution is 5.94. The molecule has 1 fully saturated rings. The van der Waals surface area contributed by atoms with E-state index in [1.165, 1.54) is 6.07 Å². The van der Waals surface area contributed by atoms with Gasteiger partial charge in [0.2, 0.25) is 0 Å². The predicted octanol–water partition coefficient (Wildman–Crippen LogP) is 2.52. The Labute approximate surface area is 118 Å². The fourth-order valence-corrected chi connectivity index (χ4v) is 2.44. The summed E-state index contributed by atoms with van der Waals surface area (Å²) in [5, 5.41) is 0. The van der Waals surface area contributed by atoms with E-state index in [0.717, 1.165) is 31.6 Å². The maximum atomic E-state index is 13.2. The van der Waals surface area contributed by atoms with Crippen molar-refractivity contribution < 1.29 is 13.6 Å². The van der Waals surface area contributed by atoms with Crippen molar-refractivity contribution in [3.8, 4) is 0 Å². The van der Waals surface area contributed by atoms with E-state index in [1.54, 1.807) is 4.90 Å². The summed E-state index contributed by atoms with van der Waals surface area (Å²) in [6.07, 6.45) is 1.08. The molecule has 0 aliphatic carbocycles. The Bertz CT molecular complexity index is 485. The van der Waals surface area contributed by atoms with Crippen LogP contribution in [0.1, 0.15) is 30.6 Å². The molecule has 0 spiro atoms. The first-order valence-electron chi connectivity index (χ1n) is 7.01. The van der Waals surface area contributed by atoms with Crippen molar-refractivity contribution in [3.05, 3.63) is 35.4 Å². The van der Waals surface area contributed by atoms with Crippen LogP contribution in [0.2, 0.25) is 0 Å². The van der Waals surface area contributed by atoms with E-state index >= 15 is 0 Å². The highest BCUT2D eigenvalue weighted by Crippen LogP contribution is 2.14. The van der Waals surface area contributed by atoms with Gasteiger partial charge >= 0.3 is 0 Å². The second-order valence-electron chi connectivity index (χ2n) is 5.21. The van der Waals surface area contributed by atoms with Gasteiger partial charge in [0.25, 0.3) is 5.91 Å². The Balaban J connectivity index is 1.99. The van der Waals surface area contributed by atoms with Gasteiger partial charge in [0.15, 0.2) is 11.6 Å². The highest BCUT2D eigenvalue weighted by atomic mass is 19.2. The first-order valence-corrected chi connectivity index (χ1v) is 7.01. The summed E-state index contributed by atoms with van der Waals surface area (Å²) in [5.41, 5.74) is 0.209. The quantitative estimate of drug-likeness (QED) is 0.850. The third-order valence-corrected chi connectivity index (χ3v) is 3.98. The first kappa shape index (κ1) is 14.9. The second kappa shape index (κ2) is 6.31. The molecular weight excluding hydrogens is 262 g/mol.